The summed E-state index contributed by atoms with van der Waals surface area (Å²) in [4.78, 5) is 14.7. The zero-order valence-electron chi connectivity index (χ0n) is 22.9. The van der Waals surface area contributed by atoms with Crippen LogP contribution in [0.3, 0.4) is 0 Å². The number of fused-ring (bicyclic) bond motifs is 3. The molecule has 0 saturated carbocycles. The summed E-state index contributed by atoms with van der Waals surface area (Å²) in [5, 5.41) is 0. The molecule has 0 fully saturated rings. The van der Waals surface area contributed by atoms with Gasteiger partial charge >= 0.3 is 0 Å². The molecule has 0 spiro atoms. The molecule has 1 aliphatic rings. The van der Waals surface area contributed by atoms with E-state index in [4.69, 9.17) is 15.0 Å². The quantitative estimate of drug-likeness (QED) is 0.235. The van der Waals surface area contributed by atoms with Crippen molar-refractivity contribution in [1.82, 2.24) is 15.0 Å². The number of nitrogens with zero attached hydrogens (tertiary/aromatic N) is 3. The lowest BCUT2D eigenvalue weighted by Gasteiger charge is -2.22. The standard InChI is InChI=1S/C37H29N3/c1-24-17-19-30-31-20-18-28(23-33(31)37(2,3)32(30)21-24)27-15-10-16-29(22-27)36-39-34(25-11-6-4-7-12-25)38-35(40-36)26-13-8-5-9-14-26/h4-23H,1-3H3. The fourth-order valence-corrected chi connectivity index (χ4v) is 5.81. The minimum Gasteiger partial charge on any atom is -0.208 e. The number of aryl methyl sites for hydroxylation is 1. The summed E-state index contributed by atoms with van der Waals surface area (Å²) >= 11 is 0. The molecule has 0 bridgehead atoms. The zero-order valence-corrected chi connectivity index (χ0v) is 22.9. The number of hydrogen-bond acceptors (Lipinski definition) is 3. The fraction of sp³-hybridized carbons (Fsp3) is 0.108. The molecule has 0 N–H and O–H groups in total. The van der Waals surface area contributed by atoms with Crippen LogP contribution in [0.25, 0.3) is 56.4 Å². The summed E-state index contributed by atoms with van der Waals surface area (Å²) in [5.74, 6) is 2.00. The average Bonchev–Trinajstić information content (AvgIpc) is 3.23. The van der Waals surface area contributed by atoms with Crippen molar-refractivity contribution >= 4 is 0 Å². The molecule has 1 aromatic heterocycles. The Hall–Kier alpha value is -4.89. The maximum absolute atomic E-state index is 4.93. The van der Waals surface area contributed by atoms with Crippen molar-refractivity contribution in [3.05, 3.63) is 138 Å². The van der Waals surface area contributed by atoms with Crippen molar-refractivity contribution in [3.63, 3.8) is 0 Å². The molecule has 40 heavy (non-hydrogen) atoms. The third-order valence-corrected chi connectivity index (χ3v) is 7.98. The summed E-state index contributed by atoms with van der Waals surface area (Å²) in [6.07, 6.45) is 0. The lowest BCUT2D eigenvalue weighted by Crippen LogP contribution is -2.15. The normalized spacial score (nSPS) is 13.1. The number of hydrogen-bond donors (Lipinski definition) is 0. The first kappa shape index (κ1) is 24.2. The Balaban J connectivity index is 1.33. The number of benzene rings is 5. The highest BCUT2D eigenvalue weighted by Crippen LogP contribution is 2.49. The van der Waals surface area contributed by atoms with E-state index < -0.39 is 0 Å². The third kappa shape index (κ3) is 4.11. The van der Waals surface area contributed by atoms with Gasteiger partial charge in [-0.15, -0.1) is 0 Å². The first-order valence-corrected chi connectivity index (χ1v) is 13.7. The van der Waals surface area contributed by atoms with Gasteiger partial charge in [0.25, 0.3) is 0 Å². The van der Waals surface area contributed by atoms with Gasteiger partial charge in [-0.1, -0.05) is 129 Å². The second kappa shape index (κ2) is 9.39. The van der Waals surface area contributed by atoms with Crippen LogP contribution in [0, 0.1) is 6.92 Å². The van der Waals surface area contributed by atoms with Crippen LogP contribution in [0.4, 0.5) is 0 Å². The van der Waals surface area contributed by atoms with Crippen LogP contribution in [0.15, 0.2) is 121 Å². The Morgan fingerprint density at radius 2 is 0.900 bits per heavy atom. The van der Waals surface area contributed by atoms with Gasteiger partial charge in [-0.05, 0) is 52.4 Å². The first-order valence-electron chi connectivity index (χ1n) is 13.7. The van der Waals surface area contributed by atoms with Gasteiger partial charge in [-0.2, -0.15) is 0 Å². The first-order chi connectivity index (χ1) is 19.5. The molecule has 0 saturated heterocycles. The zero-order chi connectivity index (χ0) is 27.3. The minimum absolute atomic E-state index is 0.0479. The summed E-state index contributed by atoms with van der Waals surface area (Å²) in [7, 11) is 0. The molecule has 1 heterocycles. The Bertz CT molecular complexity index is 1810. The van der Waals surface area contributed by atoms with Gasteiger partial charge in [-0.25, -0.2) is 15.0 Å². The van der Waals surface area contributed by atoms with Crippen LogP contribution >= 0.6 is 0 Å². The summed E-state index contributed by atoms with van der Waals surface area (Å²) in [6.45, 7) is 6.83. The van der Waals surface area contributed by atoms with Crippen LogP contribution in [0.2, 0.25) is 0 Å². The van der Waals surface area contributed by atoms with Crippen molar-refractivity contribution in [1.29, 1.82) is 0 Å². The van der Waals surface area contributed by atoms with Gasteiger partial charge < -0.3 is 0 Å². The van der Waals surface area contributed by atoms with Crippen molar-refractivity contribution in [2.24, 2.45) is 0 Å². The molecule has 5 aromatic carbocycles. The van der Waals surface area contributed by atoms with Gasteiger partial charge in [0.1, 0.15) is 0 Å². The third-order valence-electron chi connectivity index (χ3n) is 7.98. The van der Waals surface area contributed by atoms with Crippen molar-refractivity contribution in [2.75, 3.05) is 0 Å². The molecule has 6 aromatic rings. The van der Waals surface area contributed by atoms with Gasteiger partial charge in [0.2, 0.25) is 0 Å². The summed E-state index contributed by atoms with van der Waals surface area (Å²) < 4.78 is 0. The Morgan fingerprint density at radius 3 is 1.52 bits per heavy atom. The van der Waals surface area contributed by atoms with E-state index in [9.17, 15) is 0 Å². The lowest BCUT2D eigenvalue weighted by atomic mass is 9.81. The highest BCUT2D eigenvalue weighted by atomic mass is 15.0. The molecule has 0 radical (unpaired) electrons. The Morgan fingerprint density at radius 1 is 0.425 bits per heavy atom. The molecule has 0 aliphatic heterocycles. The topological polar surface area (TPSA) is 38.7 Å². The van der Waals surface area contributed by atoms with Gasteiger partial charge in [0.05, 0.1) is 0 Å². The van der Waals surface area contributed by atoms with E-state index in [-0.39, 0.29) is 5.41 Å². The van der Waals surface area contributed by atoms with Gasteiger partial charge in [0, 0.05) is 22.1 Å². The molecule has 0 atom stereocenters. The Labute approximate surface area is 235 Å². The highest BCUT2D eigenvalue weighted by molar-refractivity contribution is 5.84. The minimum atomic E-state index is -0.0479. The highest BCUT2D eigenvalue weighted by Gasteiger charge is 2.35. The van der Waals surface area contributed by atoms with Crippen molar-refractivity contribution in [3.8, 4) is 56.4 Å². The molecule has 0 unspecified atom stereocenters. The number of aromatic nitrogens is 3. The monoisotopic (exact) mass is 515 g/mol. The van der Waals surface area contributed by atoms with Crippen LogP contribution in [0.1, 0.15) is 30.5 Å². The fourth-order valence-electron chi connectivity index (χ4n) is 5.81. The second-order valence-corrected chi connectivity index (χ2v) is 11.1. The molecule has 7 rings (SSSR count). The largest absolute Gasteiger partial charge is 0.208 e. The van der Waals surface area contributed by atoms with Gasteiger partial charge in [-0.3, -0.25) is 0 Å². The van der Waals surface area contributed by atoms with E-state index in [0.717, 1.165) is 22.3 Å². The molecule has 1 aliphatic carbocycles. The lowest BCUT2D eigenvalue weighted by molar-refractivity contribution is 0.660. The molecular weight excluding hydrogens is 486 g/mol. The van der Waals surface area contributed by atoms with Crippen molar-refractivity contribution in [2.45, 2.75) is 26.2 Å². The van der Waals surface area contributed by atoms with Crippen LogP contribution in [0.5, 0.6) is 0 Å². The predicted molar refractivity (Wildman–Crippen MR) is 164 cm³/mol. The van der Waals surface area contributed by atoms with Gasteiger partial charge in [0.15, 0.2) is 17.5 Å². The maximum atomic E-state index is 4.93. The molecule has 3 heteroatoms. The van der Waals surface area contributed by atoms with Crippen LogP contribution in [-0.4, -0.2) is 15.0 Å². The smallest absolute Gasteiger partial charge is 0.164 e. The van der Waals surface area contributed by atoms with Crippen molar-refractivity contribution < 1.29 is 0 Å². The van der Waals surface area contributed by atoms with E-state index >= 15 is 0 Å². The maximum Gasteiger partial charge on any atom is 0.164 e. The van der Waals surface area contributed by atoms with E-state index in [1.54, 1.807) is 0 Å². The van der Waals surface area contributed by atoms with E-state index in [1.807, 2.05) is 60.7 Å². The molecule has 3 nitrogen and oxygen atoms in total. The predicted octanol–water partition coefficient (Wildman–Crippen LogP) is 9.15. The second-order valence-electron chi connectivity index (χ2n) is 11.1. The summed E-state index contributed by atoms with van der Waals surface area (Å²) in [5.41, 5.74) is 11.9. The average molecular weight is 516 g/mol. The van der Waals surface area contributed by atoms with Crippen LogP contribution < -0.4 is 0 Å². The number of rotatable bonds is 4. The van der Waals surface area contributed by atoms with E-state index in [1.165, 1.54) is 33.4 Å². The van der Waals surface area contributed by atoms with E-state index in [2.05, 4.69) is 81.4 Å². The summed E-state index contributed by atoms with van der Waals surface area (Å²) in [6, 6.07) is 42.4. The van der Waals surface area contributed by atoms with E-state index in [0.29, 0.717) is 17.5 Å². The molecule has 0 amide bonds. The van der Waals surface area contributed by atoms with Crippen LogP contribution in [-0.2, 0) is 5.41 Å². The Kier molecular flexibility index (Phi) is 5.67. The SMILES string of the molecule is Cc1ccc2c(c1)C(C)(C)c1cc(-c3cccc(-c4nc(-c5ccccc5)nc(-c5ccccc5)n4)c3)ccc1-2. The molecule has 192 valence electrons. The molecular formula is C37H29N3.